The summed E-state index contributed by atoms with van der Waals surface area (Å²) < 4.78 is 36.9. The van der Waals surface area contributed by atoms with Crippen molar-refractivity contribution in [1.82, 2.24) is 29.8 Å². The number of furan rings is 1. The topological polar surface area (TPSA) is 117 Å². The van der Waals surface area contributed by atoms with E-state index in [1.54, 1.807) is 27.7 Å². The summed E-state index contributed by atoms with van der Waals surface area (Å²) in [7, 11) is 1.82. The lowest BCUT2D eigenvalue weighted by Crippen LogP contribution is -2.42. The monoisotopic (exact) mass is 582 g/mol. The van der Waals surface area contributed by atoms with E-state index in [1.165, 1.54) is 12.1 Å². The van der Waals surface area contributed by atoms with Crippen LogP contribution in [0.1, 0.15) is 28.6 Å². The molecule has 2 aromatic carbocycles. The number of urea groups is 1. The molecule has 1 saturated heterocycles. The van der Waals surface area contributed by atoms with Gasteiger partial charge in [-0.2, -0.15) is 15.5 Å². The quantitative estimate of drug-likeness (QED) is 0.275. The summed E-state index contributed by atoms with van der Waals surface area (Å²) in [5, 5.41) is 24.2. The molecule has 218 valence electrons. The number of carbonyl (C=O) groups excluding carboxylic acids is 1. The maximum atomic E-state index is 14.2. The van der Waals surface area contributed by atoms with Gasteiger partial charge in [0.05, 0.1) is 24.5 Å². The highest BCUT2D eigenvalue weighted by Crippen LogP contribution is 2.32. The summed E-state index contributed by atoms with van der Waals surface area (Å²) in [6, 6.07) is 17.6. The molecule has 1 aliphatic heterocycles. The van der Waals surface area contributed by atoms with Gasteiger partial charge in [-0.3, -0.25) is 14.9 Å². The molecule has 0 aliphatic carbocycles. The minimum Gasteiger partial charge on any atom is -0.449 e. The van der Waals surface area contributed by atoms with Gasteiger partial charge >= 0.3 is 6.03 Å². The number of nitrogens with one attached hydrogen (secondary N) is 2. The molecule has 43 heavy (non-hydrogen) atoms. The van der Waals surface area contributed by atoms with Crippen LogP contribution in [0.3, 0.4) is 0 Å². The third kappa shape index (κ3) is 5.75. The van der Waals surface area contributed by atoms with Gasteiger partial charge in [0.15, 0.2) is 11.6 Å². The Morgan fingerprint density at radius 1 is 1.12 bits per heavy atom. The van der Waals surface area contributed by atoms with Crippen LogP contribution in [0, 0.1) is 29.9 Å². The Kier molecular flexibility index (Phi) is 7.48. The molecule has 1 aliphatic rings. The molecule has 0 radical (unpaired) electrons. The van der Waals surface area contributed by atoms with Gasteiger partial charge in [-0.1, -0.05) is 24.3 Å². The summed E-state index contributed by atoms with van der Waals surface area (Å²) in [4.78, 5) is 15.6. The van der Waals surface area contributed by atoms with E-state index in [0.717, 1.165) is 22.9 Å². The van der Waals surface area contributed by atoms with Crippen LogP contribution in [0.4, 0.5) is 19.4 Å². The fraction of sp³-hybridized carbons (Fsp3) is 0.226. The van der Waals surface area contributed by atoms with Crippen molar-refractivity contribution in [1.29, 1.82) is 5.26 Å². The SMILES string of the molecule is Cc1c(-c2cnn(C)c2)nn(-c2ccccc2)c1NC(=O)N[C@@H]1CN(Cc2ccc(C#N)o2)C[C@H]1c1ccc(F)c(F)c1. The largest absolute Gasteiger partial charge is 0.449 e. The number of hydrogen-bond donors (Lipinski definition) is 2. The van der Waals surface area contributed by atoms with E-state index in [2.05, 4.69) is 15.7 Å². The molecule has 0 bridgehead atoms. The van der Waals surface area contributed by atoms with Crippen LogP contribution in [0.15, 0.2) is 77.5 Å². The average Bonchev–Trinajstić information content (AvgIpc) is 3.79. The average molecular weight is 583 g/mol. The van der Waals surface area contributed by atoms with E-state index in [4.69, 9.17) is 14.8 Å². The first-order valence-electron chi connectivity index (χ1n) is 13.7. The number of para-hydroxylation sites is 1. The molecule has 3 aromatic heterocycles. The van der Waals surface area contributed by atoms with E-state index >= 15 is 0 Å². The number of nitriles is 1. The number of halogens is 2. The predicted octanol–water partition coefficient (Wildman–Crippen LogP) is 5.11. The zero-order valence-electron chi connectivity index (χ0n) is 23.5. The Labute approximate surface area is 246 Å². The van der Waals surface area contributed by atoms with Crippen LogP contribution < -0.4 is 10.6 Å². The molecular formula is C31H28F2N8O2. The zero-order chi connectivity index (χ0) is 30.1. The van der Waals surface area contributed by atoms with Crippen LogP contribution in [0.2, 0.25) is 0 Å². The van der Waals surface area contributed by atoms with Crippen LogP contribution in [-0.2, 0) is 13.6 Å². The number of likely N-dealkylation sites (tertiary alicyclic amines) is 1. The van der Waals surface area contributed by atoms with Crippen molar-refractivity contribution >= 4 is 11.8 Å². The van der Waals surface area contributed by atoms with Crippen molar-refractivity contribution in [2.75, 3.05) is 18.4 Å². The summed E-state index contributed by atoms with van der Waals surface area (Å²) in [5.74, 6) is -0.935. The molecule has 1 fully saturated rings. The lowest BCUT2D eigenvalue weighted by atomic mass is 9.94. The van der Waals surface area contributed by atoms with E-state index in [0.29, 0.717) is 42.5 Å². The molecule has 2 N–H and O–H groups in total. The smallest absolute Gasteiger partial charge is 0.320 e. The fourth-order valence-corrected chi connectivity index (χ4v) is 5.51. The number of nitrogens with zero attached hydrogens (tertiary/aromatic N) is 6. The maximum Gasteiger partial charge on any atom is 0.320 e. The second-order valence-corrected chi connectivity index (χ2v) is 10.5. The van der Waals surface area contributed by atoms with Gasteiger partial charge < -0.3 is 9.73 Å². The van der Waals surface area contributed by atoms with Crippen molar-refractivity contribution in [2.45, 2.75) is 25.4 Å². The Balaban J connectivity index is 1.27. The predicted molar refractivity (Wildman–Crippen MR) is 154 cm³/mol. The summed E-state index contributed by atoms with van der Waals surface area (Å²) >= 11 is 0. The van der Waals surface area contributed by atoms with Crippen LogP contribution in [-0.4, -0.2) is 49.6 Å². The van der Waals surface area contributed by atoms with Crippen LogP contribution in [0.25, 0.3) is 16.9 Å². The molecule has 2 atom stereocenters. The van der Waals surface area contributed by atoms with Gasteiger partial charge in [-0.15, -0.1) is 0 Å². The third-order valence-electron chi connectivity index (χ3n) is 7.57. The number of carbonyl (C=O) groups is 1. The highest BCUT2D eigenvalue weighted by Gasteiger charge is 2.36. The van der Waals surface area contributed by atoms with Gasteiger partial charge in [-0.25, -0.2) is 18.3 Å². The van der Waals surface area contributed by atoms with Crippen molar-refractivity contribution in [3.8, 4) is 23.0 Å². The second kappa shape index (κ2) is 11.5. The summed E-state index contributed by atoms with van der Waals surface area (Å²) in [6.45, 7) is 3.13. The minimum atomic E-state index is -0.950. The molecule has 5 aromatic rings. The van der Waals surface area contributed by atoms with E-state index in [9.17, 15) is 13.6 Å². The molecule has 0 unspecified atom stereocenters. The number of benzene rings is 2. The second-order valence-electron chi connectivity index (χ2n) is 10.5. The van der Waals surface area contributed by atoms with Gasteiger partial charge in [-0.05, 0) is 48.9 Å². The Hall–Kier alpha value is -5.28. The highest BCUT2D eigenvalue weighted by molar-refractivity contribution is 5.91. The van der Waals surface area contributed by atoms with Crippen molar-refractivity contribution < 1.29 is 18.0 Å². The summed E-state index contributed by atoms with van der Waals surface area (Å²) in [6.07, 6.45) is 3.57. The molecule has 0 saturated carbocycles. The molecule has 10 nitrogen and oxygen atoms in total. The molecular weight excluding hydrogens is 554 g/mol. The molecule has 6 rings (SSSR count). The lowest BCUT2D eigenvalue weighted by molar-refractivity contribution is 0.246. The van der Waals surface area contributed by atoms with E-state index in [-0.39, 0.29) is 11.7 Å². The number of hydrogen-bond acceptors (Lipinski definition) is 6. The molecule has 4 heterocycles. The van der Waals surface area contributed by atoms with E-state index < -0.39 is 23.7 Å². The number of amides is 2. The Bertz CT molecular complexity index is 1820. The Morgan fingerprint density at radius 2 is 1.93 bits per heavy atom. The lowest BCUT2D eigenvalue weighted by Gasteiger charge is -2.21. The number of aryl methyl sites for hydroxylation is 1. The Morgan fingerprint density at radius 3 is 2.63 bits per heavy atom. The standard InChI is InChI=1S/C31H28F2N8O2/c1-19-29(21-14-35-39(2)15-21)38-41(22-6-4-3-5-7-22)30(19)37-31(42)36-28-18-40(16-24-10-9-23(13-34)43-24)17-25(28)20-8-11-26(32)27(33)12-20/h3-12,14-15,25,28H,16-18H2,1-2H3,(H2,36,37,42)/t25-,28+/m0/s1. The van der Waals surface area contributed by atoms with Crippen molar-refractivity contribution in [2.24, 2.45) is 7.05 Å². The van der Waals surface area contributed by atoms with Gasteiger partial charge in [0, 0.05) is 43.4 Å². The first-order valence-corrected chi connectivity index (χ1v) is 13.7. The third-order valence-corrected chi connectivity index (χ3v) is 7.57. The zero-order valence-corrected chi connectivity index (χ0v) is 23.5. The number of aromatic nitrogens is 4. The minimum absolute atomic E-state index is 0.205. The maximum absolute atomic E-state index is 14.2. The van der Waals surface area contributed by atoms with Crippen molar-refractivity contribution in [3.63, 3.8) is 0 Å². The molecule has 2 amide bonds. The van der Waals surface area contributed by atoms with Gasteiger partial charge in [0.1, 0.15) is 23.3 Å². The van der Waals surface area contributed by atoms with Crippen LogP contribution >= 0.6 is 0 Å². The summed E-state index contributed by atoms with van der Waals surface area (Å²) in [5.41, 5.74) is 3.56. The van der Waals surface area contributed by atoms with Crippen LogP contribution in [0.5, 0.6) is 0 Å². The first kappa shape index (κ1) is 27.9. The number of rotatable bonds is 7. The highest BCUT2D eigenvalue weighted by atomic mass is 19.2. The first-order chi connectivity index (χ1) is 20.8. The van der Waals surface area contributed by atoms with Gasteiger partial charge in [0.25, 0.3) is 0 Å². The molecule has 12 heteroatoms. The fourth-order valence-electron chi connectivity index (χ4n) is 5.51. The van der Waals surface area contributed by atoms with E-state index in [1.807, 2.05) is 61.5 Å². The molecule has 0 spiro atoms. The van der Waals surface area contributed by atoms with Crippen molar-refractivity contribution in [3.05, 3.63) is 107 Å². The van der Waals surface area contributed by atoms with Gasteiger partial charge in [0.2, 0.25) is 5.76 Å². The number of anilines is 1. The normalized spacial score (nSPS) is 16.7.